The van der Waals surface area contributed by atoms with Crippen LogP contribution in [0.3, 0.4) is 0 Å². The summed E-state index contributed by atoms with van der Waals surface area (Å²) < 4.78 is 28.4. The standard InChI is InChI=1S/C18H13F2N3O4S/c19-12-3-5-16(15(20)8-12)22(10-14-2-1-7-28-14)18(25)11-21-9-13(23(26)27)4-6-17(21)24/h1-9H,10-11H2. The fraction of sp³-hybridized carbons (Fsp3) is 0.111. The van der Waals surface area contributed by atoms with Crippen molar-refractivity contribution in [2.75, 3.05) is 4.90 Å². The smallest absolute Gasteiger partial charge is 0.285 e. The van der Waals surface area contributed by atoms with E-state index in [1.807, 2.05) is 0 Å². The van der Waals surface area contributed by atoms with Crippen LogP contribution >= 0.6 is 11.3 Å². The average Bonchev–Trinajstić information content (AvgIpc) is 3.15. The fourth-order valence-electron chi connectivity index (χ4n) is 2.55. The molecular formula is C18H13F2N3O4S. The van der Waals surface area contributed by atoms with Gasteiger partial charge in [0.2, 0.25) is 5.91 Å². The molecule has 7 nitrogen and oxygen atoms in total. The molecule has 1 aromatic carbocycles. The number of benzene rings is 1. The van der Waals surface area contributed by atoms with Crippen LogP contribution in [0, 0.1) is 21.7 Å². The van der Waals surface area contributed by atoms with Crippen LogP contribution in [0.25, 0.3) is 0 Å². The Morgan fingerprint density at radius 3 is 2.64 bits per heavy atom. The lowest BCUT2D eigenvalue weighted by molar-refractivity contribution is -0.385. The van der Waals surface area contributed by atoms with Gasteiger partial charge in [-0.3, -0.25) is 24.3 Å². The first kappa shape index (κ1) is 19.4. The Hall–Kier alpha value is -3.40. The zero-order valence-corrected chi connectivity index (χ0v) is 15.1. The SMILES string of the molecule is O=C(Cn1cc([N+](=O)[O-])ccc1=O)N(Cc1cccs1)c1ccc(F)cc1F. The molecule has 0 aliphatic heterocycles. The van der Waals surface area contributed by atoms with Crippen molar-refractivity contribution < 1.29 is 18.5 Å². The molecule has 0 unspecified atom stereocenters. The molecule has 0 saturated carbocycles. The van der Waals surface area contributed by atoms with Gasteiger partial charge in [0.15, 0.2) is 0 Å². The monoisotopic (exact) mass is 405 g/mol. The maximum Gasteiger partial charge on any atom is 0.285 e. The first-order chi connectivity index (χ1) is 13.3. The van der Waals surface area contributed by atoms with E-state index < -0.39 is 34.6 Å². The van der Waals surface area contributed by atoms with Crippen LogP contribution in [-0.4, -0.2) is 15.4 Å². The van der Waals surface area contributed by atoms with E-state index >= 15 is 0 Å². The first-order valence-electron chi connectivity index (χ1n) is 7.98. The lowest BCUT2D eigenvalue weighted by Crippen LogP contribution is -2.36. The number of halogens is 2. The lowest BCUT2D eigenvalue weighted by atomic mass is 10.2. The molecule has 0 fully saturated rings. The van der Waals surface area contributed by atoms with Crippen molar-refractivity contribution in [1.29, 1.82) is 0 Å². The van der Waals surface area contributed by atoms with Crippen molar-refractivity contribution in [3.8, 4) is 0 Å². The van der Waals surface area contributed by atoms with Gasteiger partial charge < -0.3 is 4.90 Å². The molecule has 3 rings (SSSR count). The molecule has 0 aliphatic rings. The van der Waals surface area contributed by atoms with E-state index in [1.165, 1.54) is 11.3 Å². The average molecular weight is 405 g/mol. The van der Waals surface area contributed by atoms with Crippen LogP contribution in [-0.2, 0) is 17.9 Å². The van der Waals surface area contributed by atoms with Crippen molar-refractivity contribution in [2.45, 2.75) is 13.1 Å². The summed E-state index contributed by atoms with van der Waals surface area (Å²) in [5, 5.41) is 12.7. The van der Waals surface area contributed by atoms with E-state index in [0.29, 0.717) is 6.07 Å². The van der Waals surface area contributed by atoms with Gasteiger partial charge in [0, 0.05) is 23.1 Å². The minimum Gasteiger partial charge on any atom is -0.303 e. The predicted octanol–water partition coefficient (Wildman–Crippen LogP) is 3.33. The molecule has 0 N–H and O–H groups in total. The zero-order valence-electron chi connectivity index (χ0n) is 14.2. The molecule has 0 spiro atoms. The quantitative estimate of drug-likeness (QED) is 0.465. The second kappa shape index (κ2) is 8.09. The number of anilines is 1. The van der Waals surface area contributed by atoms with E-state index in [0.717, 1.165) is 44.8 Å². The van der Waals surface area contributed by atoms with Gasteiger partial charge in [-0.15, -0.1) is 11.3 Å². The molecular weight excluding hydrogens is 392 g/mol. The van der Waals surface area contributed by atoms with Crippen molar-refractivity contribution in [1.82, 2.24) is 4.57 Å². The van der Waals surface area contributed by atoms with Crippen molar-refractivity contribution in [3.63, 3.8) is 0 Å². The first-order valence-corrected chi connectivity index (χ1v) is 8.86. The maximum atomic E-state index is 14.3. The van der Waals surface area contributed by atoms with Gasteiger partial charge in [-0.1, -0.05) is 6.07 Å². The van der Waals surface area contributed by atoms with E-state index in [1.54, 1.807) is 17.5 Å². The number of nitrogens with zero attached hydrogens (tertiary/aromatic N) is 3. The zero-order chi connectivity index (χ0) is 20.3. The highest BCUT2D eigenvalue weighted by Gasteiger charge is 2.22. The summed E-state index contributed by atoms with van der Waals surface area (Å²) in [7, 11) is 0. The van der Waals surface area contributed by atoms with Crippen LogP contribution in [0.5, 0.6) is 0 Å². The number of rotatable bonds is 6. The van der Waals surface area contributed by atoms with Crippen molar-refractivity contribution >= 4 is 28.6 Å². The molecule has 3 aromatic rings. The second-order valence-electron chi connectivity index (χ2n) is 5.77. The fourth-order valence-corrected chi connectivity index (χ4v) is 3.24. The number of pyridine rings is 1. The Morgan fingerprint density at radius 1 is 1.21 bits per heavy atom. The van der Waals surface area contributed by atoms with E-state index in [-0.39, 0.29) is 17.9 Å². The third kappa shape index (κ3) is 4.29. The molecule has 2 heterocycles. The Morgan fingerprint density at radius 2 is 2.00 bits per heavy atom. The van der Waals surface area contributed by atoms with Gasteiger partial charge in [0.05, 0.1) is 23.4 Å². The molecule has 144 valence electrons. The molecule has 28 heavy (non-hydrogen) atoms. The van der Waals surface area contributed by atoms with Crippen LogP contribution in [0.4, 0.5) is 20.2 Å². The molecule has 1 amide bonds. The summed E-state index contributed by atoms with van der Waals surface area (Å²) in [6.07, 6.45) is 0.949. The predicted molar refractivity (Wildman–Crippen MR) is 99.2 cm³/mol. The second-order valence-corrected chi connectivity index (χ2v) is 6.80. The van der Waals surface area contributed by atoms with Crippen LogP contribution in [0.15, 0.2) is 58.8 Å². The topological polar surface area (TPSA) is 85.5 Å². The summed E-state index contributed by atoms with van der Waals surface area (Å²) in [5.74, 6) is -2.41. The number of carbonyl (C=O) groups excluding carboxylic acids is 1. The third-order valence-electron chi connectivity index (χ3n) is 3.88. The highest BCUT2D eigenvalue weighted by molar-refractivity contribution is 7.09. The normalized spacial score (nSPS) is 10.6. The number of thiophene rings is 1. The van der Waals surface area contributed by atoms with E-state index in [2.05, 4.69) is 0 Å². The van der Waals surface area contributed by atoms with Gasteiger partial charge in [0.25, 0.3) is 11.2 Å². The largest absolute Gasteiger partial charge is 0.303 e. The van der Waals surface area contributed by atoms with E-state index in [9.17, 15) is 28.5 Å². The van der Waals surface area contributed by atoms with Crippen LogP contribution < -0.4 is 10.5 Å². The number of carbonyl (C=O) groups is 1. The molecule has 0 atom stereocenters. The summed E-state index contributed by atoms with van der Waals surface area (Å²) >= 11 is 1.34. The summed E-state index contributed by atoms with van der Waals surface area (Å²) in [5.41, 5.74) is -1.13. The van der Waals surface area contributed by atoms with Gasteiger partial charge in [-0.25, -0.2) is 8.78 Å². The third-order valence-corrected chi connectivity index (χ3v) is 4.74. The lowest BCUT2D eigenvalue weighted by Gasteiger charge is -2.23. The minimum atomic E-state index is -0.934. The summed E-state index contributed by atoms with van der Waals surface area (Å²) in [6, 6.07) is 8.32. The Balaban J connectivity index is 1.96. The number of nitro groups is 1. The van der Waals surface area contributed by atoms with Gasteiger partial charge >= 0.3 is 0 Å². The minimum absolute atomic E-state index is 0.00271. The van der Waals surface area contributed by atoms with Crippen molar-refractivity contribution in [3.05, 3.63) is 91.0 Å². The van der Waals surface area contributed by atoms with Crippen molar-refractivity contribution in [2.24, 2.45) is 0 Å². The van der Waals surface area contributed by atoms with Gasteiger partial charge in [-0.05, 0) is 23.6 Å². The molecule has 0 saturated heterocycles. The number of hydrogen-bond donors (Lipinski definition) is 0. The highest BCUT2D eigenvalue weighted by Crippen LogP contribution is 2.24. The Labute approximate surface area is 161 Å². The van der Waals surface area contributed by atoms with Gasteiger partial charge in [-0.2, -0.15) is 0 Å². The summed E-state index contributed by atoms with van der Waals surface area (Å²) in [4.78, 5) is 36.8. The Bertz CT molecular complexity index is 1080. The summed E-state index contributed by atoms with van der Waals surface area (Å²) in [6.45, 7) is -0.536. The Kier molecular flexibility index (Phi) is 5.59. The van der Waals surface area contributed by atoms with Crippen LogP contribution in [0.2, 0.25) is 0 Å². The number of hydrogen-bond acceptors (Lipinski definition) is 5. The number of aromatic nitrogens is 1. The molecule has 0 aliphatic carbocycles. The number of amides is 1. The molecule has 10 heteroatoms. The van der Waals surface area contributed by atoms with E-state index in [4.69, 9.17) is 0 Å². The van der Waals surface area contributed by atoms with Crippen LogP contribution in [0.1, 0.15) is 4.88 Å². The maximum absolute atomic E-state index is 14.3. The molecule has 2 aromatic heterocycles. The highest BCUT2D eigenvalue weighted by atomic mass is 32.1. The van der Waals surface area contributed by atoms with Gasteiger partial charge in [0.1, 0.15) is 18.2 Å². The molecule has 0 radical (unpaired) electrons. The molecule has 0 bridgehead atoms.